The van der Waals surface area contributed by atoms with Crippen molar-refractivity contribution in [3.8, 4) is 0 Å². The maximum Gasteiger partial charge on any atom is 0.249 e. The largest absolute Gasteiger partial charge is 0.305 e. The summed E-state index contributed by atoms with van der Waals surface area (Å²) in [5.41, 5.74) is 1.21. The quantitative estimate of drug-likeness (QED) is 0.256. The molecule has 212 valence electrons. The lowest BCUT2D eigenvalue weighted by molar-refractivity contribution is -0.125. The number of amides is 1. The number of pyridine rings is 1. The number of nitrogens with zero attached hydrogens (tertiary/aromatic N) is 3. The number of benzene rings is 2. The fraction of sp³-hybridized carbons (Fsp3) is 0.379. The highest BCUT2D eigenvalue weighted by Crippen LogP contribution is 2.35. The normalized spacial score (nSPS) is 18.4. The molecule has 0 bridgehead atoms. The molecule has 1 atom stereocenters. The van der Waals surface area contributed by atoms with Crippen molar-refractivity contribution in [2.75, 3.05) is 11.4 Å². The predicted octanol–water partition coefficient (Wildman–Crippen LogP) is 5.99. The number of hydrogen-bond acceptors (Lipinski definition) is 4. The molecular formula is C29H29F4N3O3S. The number of carbonyl (C=O) groups is 1. The van der Waals surface area contributed by atoms with Gasteiger partial charge in [-0.15, -0.1) is 0 Å². The van der Waals surface area contributed by atoms with E-state index >= 15 is 0 Å². The Bertz CT molecular complexity index is 1480. The van der Waals surface area contributed by atoms with Crippen molar-refractivity contribution in [3.05, 3.63) is 88.8 Å². The van der Waals surface area contributed by atoms with Gasteiger partial charge in [0.2, 0.25) is 15.9 Å². The van der Waals surface area contributed by atoms with Gasteiger partial charge >= 0.3 is 0 Å². The van der Waals surface area contributed by atoms with Gasteiger partial charge in [-0.05, 0) is 55.9 Å². The summed E-state index contributed by atoms with van der Waals surface area (Å²) in [6.45, 7) is 0.580. The smallest absolute Gasteiger partial charge is 0.249 e. The molecular weight excluding hydrogens is 546 g/mol. The fourth-order valence-corrected chi connectivity index (χ4v) is 7.16. The molecule has 40 heavy (non-hydrogen) atoms. The molecule has 1 saturated heterocycles. The lowest BCUT2D eigenvalue weighted by atomic mass is 9.85. The number of rotatable bonds is 7. The number of hydrogen-bond donors (Lipinski definition) is 0. The summed E-state index contributed by atoms with van der Waals surface area (Å²) in [5, 5.41) is 0. The van der Waals surface area contributed by atoms with E-state index in [2.05, 4.69) is 4.98 Å². The van der Waals surface area contributed by atoms with Crippen LogP contribution in [0.4, 0.5) is 23.2 Å². The van der Waals surface area contributed by atoms with E-state index < -0.39 is 55.7 Å². The Kier molecular flexibility index (Phi) is 7.96. The molecule has 3 aromatic rings. The van der Waals surface area contributed by atoms with Crippen molar-refractivity contribution in [2.24, 2.45) is 0 Å². The van der Waals surface area contributed by atoms with E-state index in [1.165, 1.54) is 24.2 Å². The summed E-state index contributed by atoms with van der Waals surface area (Å²) in [5.74, 6) is -7.82. The Labute approximate surface area is 230 Å². The molecule has 2 heterocycles. The third-order valence-corrected chi connectivity index (χ3v) is 9.77. The molecule has 0 unspecified atom stereocenters. The molecule has 5 rings (SSSR count). The summed E-state index contributed by atoms with van der Waals surface area (Å²) in [4.78, 5) is 17.9. The summed E-state index contributed by atoms with van der Waals surface area (Å²) in [6.07, 6.45) is 7.69. The van der Waals surface area contributed by atoms with Crippen LogP contribution in [0.15, 0.2) is 53.6 Å². The van der Waals surface area contributed by atoms with Crippen molar-refractivity contribution < 1.29 is 30.8 Å². The molecule has 1 saturated carbocycles. The number of anilines is 1. The average Bonchev–Trinajstić information content (AvgIpc) is 2.94. The van der Waals surface area contributed by atoms with Gasteiger partial charge in [-0.25, -0.2) is 26.0 Å². The molecule has 2 aromatic carbocycles. The lowest BCUT2D eigenvalue weighted by Gasteiger charge is -2.41. The second-order valence-electron chi connectivity index (χ2n) is 10.3. The van der Waals surface area contributed by atoms with E-state index in [1.807, 2.05) is 18.3 Å². The third-order valence-electron chi connectivity index (χ3n) is 7.84. The molecule has 0 spiro atoms. The molecule has 2 aliphatic rings. The van der Waals surface area contributed by atoms with Crippen LogP contribution in [0.5, 0.6) is 0 Å². The Morgan fingerprint density at radius 1 is 0.925 bits per heavy atom. The predicted molar refractivity (Wildman–Crippen MR) is 141 cm³/mol. The Morgan fingerprint density at radius 3 is 2.12 bits per heavy atom. The van der Waals surface area contributed by atoms with Crippen LogP contribution in [0, 0.1) is 30.2 Å². The van der Waals surface area contributed by atoms with Crippen molar-refractivity contribution >= 4 is 21.6 Å². The van der Waals surface area contributed by atoms with Crippen molar-refractivity contribution in [1.82, 2.24) is 9.29 Å². The Hall–Kier alpha value is -3.31. The highest BCUT2D eigenvalue weighted by atomic mass is 32.2. The average molecular weight is 576 g/mol. The molecule has 1 aromatic heterocycles. The van der Waals surface area contributed by atoms with Crippen LogP contribution in [0.3, 0.4) is 0 Å². The Balaban J connectivity index is 1.43. The molecule has 2 fully saturated rings. The number of halogens is 4. The molecule has 0 radical (unpaired) electrons. The van der Waals surface area contributed by atoms with Crippen LogP contribution in [0.1, 0.15) is 61.3 Å². The summed E-state index contributed by atoms with van der Waals surface area (Å²) >= 11 is 0. The molecule has 1 aliphatic carbocycles. The topological polar surface area (TPSA) is 70.6 Å². The molecule has 11 heteroatoms. The Morgan fingerprint density at radius 2 is 1.57 bits per heavy atom. The number of carbonyl (C=O) groups excluding carboxylic acids is 1. The minimum absolute atomic E-state index is 0.0225. The number of sulfonamides is 1. The van der Waals surface area contributed by atoms with E-state index in [9.17, 15) is 30.8 Å². The molecule has 1 amide bonds. The van der Waals surface area contributed by atoms with Gasteiger partial charge in [0, 0.05) is 24.0 Å². The molecule has 0 N–H and O–H groups in total. The van der Waals surface area contributed by atoms with Gasteiger partial charge in [-0.2, -0.15) is 4.31 Å². The van der Waals surface area contributed by atoms with Crippen LogP contribution in [-0.2, 0) is 21.4 Å². The van der Waals surface area contributed by atoms with Crippen LogP contribution < -0.4 is 4.90 Å². The summed E-state index contributed by atoms with van der Waals surface area (Å²) < 4.78 is 84.7. The first-order chi connectivity index (χ1) is 19.1. The number of para-hydroxylation sites is 1. The van der Waals surface area contributed by atoms with Gasteiger partial charge in [-0.3, -0.25) is 9.78 Å². The zero-order valence-corrected chi connectivity index (χ0v) is 22.7. The third kappa shape index (κ3) is 5.12. The summed E-state index contributed by atoms with van der Waals surface area (Å²) in [6, 6.07) is 11.1. The van der Waals surface area contributed by atoms with Gasteiger partial charge in [0.1, 0.15) is 6.04 Å². The second-order valence-corrected chi connectivity index (χ2v) is 12.1. The van der Waals surface area contributed by atoms with E-state index in [0.717, 1.165) is 25.3 Å². The van der Waals surface area contributed by atoms with E-state index in [0.29, 0.717) is 21.6 Å². The fourth-order valence-electron chi connectivity index (χ4n) is 5.42. The van der Waals surface area contributed by atoms with Gasteiger partial charge in [0.05, 0.1) is 12.2 Å². The first kappa shape index (κ1) is 28.2. The molecule has 1 aliphatic heterocycles. The zero-order valence-electron chi connectivity index (χ0n) is 21.9. The standard InChI is InChI=1S/C29H29F4N3O3S/c1-18-24(30)26(32)28(27(33)25(18)31)40(38,39)36-15-14-23(36)29(37)35(22-10-6-3-7-11-22)17-21-13-12-20(16-34-21)19-8-4-2-5-9-19/h3,6-7,10-13,16,19,23H,2,4-5,8-9,14-15,17H2,1H3/t23-/m1/s1. The minimum Gasteiger partial charge on any atom is -0.305 e. The van der Waals surface area contributed by atoms with E-state index in [-0.39, 0.29) is 19.5 Å². The minimum atomic E-state index is -5.09. The SMILES string of the molecule is Cc1c(F)c(F)c(S(=O)(=O)N2CC[C@@H]2C(=O)N(Cc2ccc(C3CCCCC3)cn2)c2ccccc2)c(F)c1F. The van der Waals surface area contributed by atoms with Crippen molar-refractivity contribution in [1.29, 1.82) is 0 Å². The zero-order chi connectivity index (χ0) is 28.6. The van der Waals surface area contributed by atoms with Crippen LogP contribution in [-0.4, -0.2) is 36.2 Å². The monoisotopic (exact) mass is 575 g/mol. The van der Waals surface area contributed by atoms with E-state index in [1.54, 1.807) is 30.3 Å². The van der Waals surface area contributed by atoms with Crippen LogP contribution in [0.25, 0.3) is 0 Å². The maximum atomic E-state index is 14.6. The maximum absolute atomic E-state index is 14.6. The lowest BCUT2D eigenvalue weighted by Crippen LogP contribution is -2.59. The van der Waals surface area contributed by atoms with E-state index in [4.69, 9.17) is 0 Å². The van der Waals surface area contributed by atoms with Gasteiger partial charge in [-0.1, -0.05) is 43.5 Å². The van der Waals surface area contributed by atoms with Crippen LogP contribution in [0.2, 0.25) is 0 Å². The first-order valence-corrected chi connectivity index (χ1v) is 14.7. The molecule has 6 nitrogen and oxygen atoms in total. The first-order valence-electron chi connectivity index (χ1n) is 13.3. The van der Waals surface area contributed by atoms with Crippen molar-refractivity contribution in [2.45, 2.75) is 68.8 Å². The number of aromatic nitrogens is 1. The second kappa shape index (κ2) is 11.3. The van der Waals surface area contributed by atoms with Gasteiger partial charge in [0.25, 0.3) is 0 Å². The van der Waals surface area contributed by atoms with Gasteiger partial charge < -0.3 is 4.90 Å². The van der Waals surface area contributed by atoms with Crippen molar-refractivity contribution in [3.63, 3.8) is 0 Å². The van der Waals surface area contributed by atoms with Gasteiger partial charge in [0.15, 0.2) is 28.2 Å². The highest BCUT2D eigenvalue weighted by molar-refractivity contribution is 7.89. The highest BCUT2D eigenvalue weighted by Gasteiger charge is 2.47. The summed E-state index contributed by atoms with van der Waals surface area (Å²) in [7, 11) is -5.09. The van der Waals surface area contributed by atoms with Crippen LogP contribution >= 0.6 is 0 Å².